The molecule has 0 spiro atoms. The van der Waals surface area contributed by atoms with Gasteiger partial charge in [-0.3, -0.25) is 0 Å². The van der Waals surface area contributed by atoms with Crippen LogP contribution in [0.4, 0.5) is 0 Å². The normalized spacial score (nSPS) is 20.9. The summed E-state index contributed by atoms with van der Waals surface area (Å²) in [6, 6.07) is 16.1. The van der Waals surface area contributed by atoms with Crippen molar-refractivity contribution < 1.29 is 5.11 Å². The molecule has 2 N–H and O–H groups in total. The lowest BCUT2D eigenvalue weighted by Gasteiger charge is -2.31. The van der Waals surface area contributed by atoms with Crippen LogP contribution in [0, 0.1) is 0 Å². The minimum atomic E-state index is -0.934. The molecule has 0 amide bonds. The first kappa shape index (κ1) is 12.9. The Morgan fingerprint density at radius 3 is 2.79 bits per heavy atom. The van der Waals surface area contributed by atoms with E-state index in [2.05, 4.69) is 33.4 Å². The van der Waals surface area contributed by atoms with Gasteiger partial charge in [0.2, 0.25) is 0 Å². The molecule has 0 aromatic heterocycles. The minimum Gasteiger partial charge on any atom is -0.383 e. The fourth-order valence-corrected chi connectivity index (χ4v) is 3.17. The van der Waals surface area contributed by atoms with E-state index in [9.17, 15) is 5.11 Å². The van der Waals surface area contributed by atoms with E-state index in [1.54, 1.807) is 0 Å². The summed E-state index contributed by atoms with van der Waals surface area (Å²) in [6.45, 7) is 2.68. The number of hydrogen-bond donors (Lipinski definition) is 2. The molecule has 19 heavy (non-hydrogen) atoms. The Morgan fingerprint density at radius 2 is 2.00 bits per heavy atom. The summed E-state index contributed by atoms with van der Waals surface area (Å²) in [6.07, 6.45) is 0. The first-order valence-corrected chi connectivity index (χ1v) is 7.18. The van der Waals surface area contributed by atoms with Crippen molar-refractivity contribution >= 4 is 15.9 Å². The Balaban J connectivity index is 2.02. The molecule has 0 aliphatic carbocycles. The third-order valence-electron chi connectivity index (χ3n) is 3.83. The van der Waals surface area contributed by atoms with Crippen LogP contribution in [-0.2, 0) is 12.1 Å². The largest absolute Gasteiger partial charge is 0.383 e. The van der Waals surface area contributed by atoms with E-state index in [-0.39, 0.29) is 6.04 Å². The Morgan fingerprint density at radius 1 is 1.21 bits per heavy atom. The molecule has 3 rings (SSSR count). The molecular weight excluding hydrogens is 302 g/mol. The number of nitrogens with one attached hydrogen (secondary N) is 1. The minimum absolute atomic E-state index is 0.0713. The molecule has 1 aliphatic heterocycles. The first-order valence-electron chi connectivity index (χ1n) is 6.38. The molecule has 3 heteroatoms. The molecule has 0 fully saturated rings. The maximum Gasteiger partial charge on any atom is 0.106 e. The molecule has 2 aromatic rings. The van der Waals surface area contributed by atoms with Gasteiger partial charge in [0.15, 0.2) is 0 Å². The van der Waals surface area contributed by atoms with Crippen molar-refractivity contribution in [2.24, 2.45) is 0 Å². The van der Waals surface area contributed by atoms with Crippen LogP contribution in [0.25, 0.3) is 0 Å². The van der Waals surface area contributed by atoms with Gasteiger partial charge in [-0.05, 0) is 35.7 Å². The first-order chi connectivity index (χ1) is 9.09. The van der Waals surface area contributed by atoms with Crippen LogP contribution in [0.3, 0.4) is 0 Å². The van der Waals surface area contributed by atoms with E-state index in [1.165, 1.54) is 11.1 Å². The number of hydrogen-bond acceptors (Lipinski definition) is 2. The number of aliphatic hydroxyl groups is 1. The molecule has 2 nitrogen and oxygen atoms in total. The zero-order valence-corrected chi connectivity index (χ0v) is 12.3. The van der Waals surface area contributed by atoms with E-state index in [1.807, 2.05) is 43.3 Å². The van der Waals surface area contributed by atoms with Gasteiger partial charge < -0.3 is 10.4 Å². The van der Waals surface area contributed by atoms with E-state index < -0.39 is 5.60 Å². The standard InChI is InChI=1S/C16H16BrNO/c1-16(19,12-6-4-7-13(17)9-12)15-14-8-3-2-5-11(14)10-18-15/h2-9,15,18-19H,10H2,1H3. The van der Waals surface area contributed by atoms with Crippen LogP contribution in [0.1, 0.15) is 29.7 Å². The molecule has 98 valence electrons. The second-order valence-corrected chi connectivity index (χ2v) is 6.09. The van der Waals surface area contributed by atoms with Crippen LogP contribution >= 0.6 is 15.9 Å². The summed E-state index contributed by atoms with van der Waals surface area (Å²) in [5, 5.41) is 14.4. The van der Waals surface area contributed by atoms with Crippen LogP contribution < -0.4 is 5.32 Å². The Labute approximate surface area is 121 Å². The van der Waals surface area contributed by atoms with Crippen molar-refractivity contribution in [2.45, 2.75) is 25.1 Å². The molecule has 2 aromatic carbocycles. The molecule has 1 heterocycles. The smallest absolute Gasteiger partial charge is 0.106 e. The van der Waals surface area contributed by atoms with Crippen molar-refractivity contribution in [3.63, 3.8) is 0 Å². The van der Waals surface area contributed by atoms with Gasteiger partial charge in [-0.25, -0.2) is 0 Å². The van der Waals surface area contributed by atoms with E-state index >= 15 is 0 Å². The predicted octanol–water partition coefficient (Wildman–Crippen LogP) is 3.50. The summed E-state index contributed by atoms with van der Waals surface area (Å²) in [5.74, 6) is 0. The molecule has 0 saturated carbocycles. The highest BCUT2D eigenvalue weighted by Gasteiger charge is 2.38. The lowest BCUT2D eigenvalue weighted by atomic mass is 9.84. The molecule has 0 bridgehead atoms. The second kappa shape index (κ2) is 4.75. The average molecular weight is 318 g/mol. The van der Waals surface area contributed by atoms with Gasteiger partial charge in [0, 0.05) is 11.0 Å². The molecule has 2 unspecified atom stereocenters. The van der Waals surface area contributed by atoms with Gasteiger partial charge in [0.25, 0.3) is 0 Å². The maximum absolute atomic E-state index is 11.0. The third kappa shape index (κ3) is 2.22. The zero-order valence-electron chi connectivity index (χ0n) is 10.7. The van der Waals surface area contributed by atoms with Crippen molar-refractivity contribution in [3.8, 4) is 0 Å². The third-order valence-corrected chi connectivity index (χ3v) is 4.33. The fraction of sp³-hybridized carbons (Fsp3) is 0.250. The summed E-state index contributed by atoms with van der Waals surface area (Å²) in [7, 11) is 0. The SMILES string of the molecule is CC(O)(c1cccc(Br)c1)C1NCc2ccccc21. The Hall–Kier alpha value is -1.16. The summed E-state index contributed by atoms with van der Waals surface area (Å²) < 4.78 is 0.983. The summed E-state index contributed by atoms with van der Waals surface area (Å²) in [5.41, 5.74) is 2.43. The number of rotatable bonds is 2. The van der Waals surface area contributed by atoms with Crippen LogP contribution in [0.15, 0.2) is 53.0 Å². The highest BCUT2D eigenvalue weighted by Crippen LogP contribution is 2.40. The van der Waals surface area contributed by atoms with Crippen LogP contribution in [0.2, 0.25) is 0 Å². The van der Waals surface area contributed by atoms with Crippen LogP contribution in [0.5, 0.6) is 0 Å². The average Bonchev–Trinajstić information content (AvgIpc) is 2.83. The highest BCUT2D eigenvalue weighted by atomic mass is 79.9. The highest BCUT2D eigenvalue weighted by molar-refractivity contribution is 9.10. The molecular formula is C16H16BrNO. The second-order valence-electron chi connectivity index (χ2n) is 5.17. The van der Waals surface area contributed by atoms with Crippen molar-refractivity contribution in [1.29, 1.82) is 0 Å². The monoisotopic (exact) mass is 317 g/mol. The quantitative estimate of drug-likeness (QED) is 0.888. The molecule has 0 saturated heterocycles. The van der Waals surface area contributed by atoms with Gasteiger partial charge in [0.05, 0.1) is 6.04 Å². The fourth-order valence-electron chi connectivity index (χ4n) is 2.77. The van der Waals surface area contributed by atoms with Crippen molar-refractivity contribution in [1.82, 2.24) is 5.32 Å². The van der Waals surface area contributed by atoms with Gasteiger partial charge in [-0.2, -0.15) is 0 Å². The van der Waals surface area contributed by atoms with Gasteiger partial charge >= 0.3 is 0 Å². The predicted molar refractivity (Wildman–Crippen MR) is 79.7 cm³/mol. The number of benzene rings is 2. The van der Waals surface area contributed by atoms with Gasteiger partial charge in [0.1, 0.15) is 5.60 Å². The topological polar surface area (TPSA) is 32.3 Å². The van der Waals surface area contributed by atoms with Crippen LogP contribution in [-0.4, -0.2) is 5.11 Å². The summed E-state index contributed by atoms with van der Waals surface area (Å²) >= 11 is 3.46. The number of fused-ring (bicyclic) bond motifs is 1. The molecule has 2 atom stereocenters. The Bertz CT molecular complexity index is 609. The Kier molecular flexibility index (Phi) is 3.21. The summed E-state index contributed by atoms with van der Waals surface area (Å²) in [4.78, 5) is 0. The maximum atomic E-state index is 11.0. The van der Waals surface area contributed by atoms with E-state index in [4.69, 9.17) is 0 Å². The zero-order chi connectivity index (χ0) is 13.5. The van der Waals surface area contributed by atoms with E-state index in [0.29, 0.717) is 0 Å². The molecule has 1 aliphatic rings. The molecule has 0 radical (unpaired) electrons. The lowest BCUT2D eigenvalue weighted by Crippen LogP contribution is -2.35. The van der Waals surface area contributed by atoms with Gasteiger partial charge in [-0.15, -0.1) is 0 Å². The van der Waals surface area contributed by atoms with Gasteiger partial charge in [-0.1, -0.05) is 52.3 Å². The lowest BCUT2D eigenvalue weighted by molar-refractivity contribution is 0.0177. The van der Waals surface area contributed by atoms with Crippen molar-refractivity contribution in [2.75, 3.05) is 0 Å². The number of halogens is 1. The van der Waals surface area contributed by atoms with E-state index in [0.717, 1.165) is 16.6 Å². The van der Waals surface area contributed by atoms with Crippen molar-refractivity contribution in [3.05, 3.63) is 69.7 Å².